The topological polar surface area (TPSA) is 39.1 Å². The van der Waals surface area contributed by atoms with Crippen molar-refractivity contribution in [2.75, 3.05) is 12.4 Å². The molecule has 1 N–H and O–H groups in total. The van der Waals surface area contributed by atoms with Crippen LogP contribution in [0, 0.1) is 13.8 Å². The molecule has 0 fully saturated rings. The van der Waals surface area contributed by atoms with Gasteiger partial charge in [0.1, 0.15) is 5.75 Å². The van der Waals surface area contributed by atoms with E-state index in [1.165, 1.54) is 11.3 Å². The average Bonchev–Trinajstić information content (AvgIpc) is 2.68. The zero-order valence-electron chi connectivity index (χ0n) is 11.6. The average molecular weight is 324 g/mol. The van der Waals surface area contributed by atoms with Crippen LogP contribution < -0.4 is 10.1 Å². The molecule has 1 heterocycles. The number of hydrogen-bond acceptors (Lipinski definition) is 3. The molecular weight excluding hydrogens is 306 g/mol. The minimum Gasteiger partial charge on any atom is -0.495 e. The van der Waals surface area contributed by atoms with Crippen LogP contribution in [0.15, 0.2) is 22.8 Å². The molecule has 0 radical (unpaired) electrons. The van der Waals surface area contributed by atoms with Crippen molar-refractivity contribution < 1.29 is 4.74 Å². The summed E-state index contributed by atoms with van der Waals surface area (Å²) in [5.41, 5.74) is 4.52. The van der Waals surface area contributed by atoms with Gasteiger partial charge in [0.2, 0.25) is 0 Å². The molecule has 0 saturated heterocycles. The number of anilines is 1. The molecule has 19 heavy (non-hydrogen) atoms. The van der Waals surface area contributed by atoms with E-state index in [0.717, 1.165) is 28.0 Å². The number of rotatable bonds is 4. The van der Waals surface area contributed by atoms with Gasteiger partial charge in [0.25, 0.3) is 0 Å². The molecule has 4 nitrogen and oxygen atoms in total. The number of hydrogen-bond donors (Lipinski definition) is 1. The Morgan fingerprint density at radius 3 is 2.68 bits per heavy atom. The van der Waals surface area contributed by atoms with Gasteiger partial charge in [0.15, 0.2) is 0 Å². The molecule has 0 saturated carbocycles. The van der Waals surface area contributed by atoms with E-state index in [4.69, 9.17) is 4.74 Å². The molecule has 0 bridgehead atoms. The van der Waals surface area contributed by atoms with E-state index in [1.807, 2.05) is 24.0 Å². The predicted molar refractivity (Wildman–Crippen MR) is 80.7 cm³/mol. The van der Waals surface area contributed by atoms with Crippen molar-refractivity contribution in [2.24, 2.45) is 7.05 Å². The SMILES string of the molecule is COc1cc(Br)cc(C)c1NCc1cnn(C)c1C. The molecule has 0 amide bonds. The summed E-state index contributed by atoms with van der Waals surface area (Å²) >= 11 is 3.48. The number of halogens is 1. The molecule has 0 atom stereocenters. The van der Waals surface area contributed by atoms with Gasteiger partial charge in [-0.3, -0.25) is 4.68 Å². The van der Waals surface area contributed by atoms with Crippen molar-refractivity contribution >= 4 is 21.6 Å². The summed E-state index contributed by atoms with van der Waals surface area (Å²) < 4.78 is 8.31. The molecular formula is C14H18BrN3O. The van der Waals surface area contributed by atoms with Crippen molar-refractivity contribution in [2.45, 2.75) is 20.4 Å². The van der Waals surface area contributed by atoms with Crippen LogP contribution in [-0.2, 0) is 13.6 Å². The van der Waals surface area contributed by atoms with Gasteiger partial charge in [-0.15, -0.1) is 0 Å². The molecule has 5 heteroatoms. The second kappa shape index (κ2) is 5.65. The smallest absolute Gasteiger partial charge is 0.143 e. The fourth-order valence-corrected chi connectivity index (χ4v) is 2.55. The van der Waals surface area contributed by atoms with Gasteiger partial charge in [-0.05, 0) is 31.5 Å². The van der Waals surface area contributed by atoms with E-state index in [1.54, 1.807) is 7.11 Å². The van der Waals surface area contributed by atoms with Gasteiger partial charge in [-0.2, -0.15) is 5.10 Å². The standard InChI is InChI=1S/C14H18BrN3O/c1-9-5-12(15)6-13(19-4)14(9)16-7-11-8-17-18(3)10(11)2/h5-6,8,16H,7H2,1-4H3. The van der Waals surface area contributed by atoms with Gasteiger partial charge in [0, 0.05) is 29.3 Å². The molecule has 0 unspecified atom stereocenters. The summed E-state index contributed by atoms with van der Waals surface area (Å²) in [5, 5.41) is 7.68. The molecule has 1 aromatic heterocycles. The van der Waals surface area contributed by atoms with E-state index >= 15 is 0 Å². The minimum atomic E-state index is 0.735. The minimum absolute atomic E-state index is 0.735. The van der Waals surface area contributed by atoms with E-state index in [-0.39, 0.29) is 0 Å². The summed E-state index contributed by atoms with van der Waals surface area (Å²) in [5.74, 6) is 0.841. The maximum Gasteiger partial charge on any atom is 0.143 e. The van der Waals surface area contributed by atoms with Crippen molar-refractivity contribution in [3.05, 3.63) is 39.6 Å². The van der Waals surface area contributed by atoms with Crippen molar-refractivity contribution in [1.82, 2.24) is 9.78 Å². The lowest BCUT2D eigenvalue weighted by molar-refractivity contribution is 0.416. The summed E-state index contributed by atoms with van der Waals surface area (Å²) in [7, 11) is 3.63. The van der Waals surface area contributed by atoms with Crippen molar-refractivity contribution in [3.8, 4) is 5.75 Å². The second-order valence-corrected chi connectivity index (χ2v) is 5.45. The van der Waals surface area contributed by atoms with Gasteiger partial charge >= 0.3 is 0 Å². The number of aromatic nitrogens is 2. The highest BCUT2D eigenvalue weighted by Gasteiger charge is 2.09. The molecule has 0 aliphatic rings. The fourth-order valence-electron chi connectivity index (χ4n) is 2.00. The van der Waals surface area contributed by atoms with Crippen LogP contribution in [0.1, 0.15) is 16.8 Å². The van der Waals surface area contributed by atoms with Crippen LogP contribution in [0.25, 0.3) is 0 Å². The monoisotopic (exact) mass is 323 g/mol. The Bertz CT molecular complexity index is 593. The first-order valence-corrected chi connectivity index (χ1v) is 6.87. The molecule has 1 aromatic carbocycles. The predicted octanol–water partition coefficient (Wildman–Crippen LogP) is 3.42. The third kappa shape index (κ3) is 2.92. The fraction of sp³-hybridized carbons (Fsp3) is 0.357. The number of aryl methyl sites for hydroxylation is 2. The maximum atomic E-state index is 5.42. The number of nitrogens with one attached hydrogen (secondary N) is 1. The summed E-state index contributed by atoms with van der Waals surface area (Å²) in [6.45, 7) is 4.86. The van der Waals surface area contributed by atoms with Crippen molar-refractivity contribution in [1.29, 1.82) is 0 Å². The van der Waals surface area contributed by atoms with Crippen molar-refractivity contribution in [3.63, 3.8) is 0 Å². The zero-order chi connectivity index (χ0) is 14.0. The summed E-state index contributed by atoms with van der Waals surface area (Å²) in [6, 6.07) is 4.03. The highest BCUT2D eigenvalue weighted by Crippen LogP contribution is 2.32. The Kier molecular flexibility index (Phi) is 4.14. The Labute approximate surface area is 121 Å². The van der Waals surface area contributed by atoms with E-state index in [2.05, 4.69) is 46.3 Å². The quantitative estimate of drug-likeness (QED) is 0.937. The summed E-state index contributed by atoms with van der Waals surface area (Å²) in [6.07, 6.45) is 1.89. The van der Waals surface area contributed by atoms with E-state index in [9.17, 15) is 0 Å². The van der Waals surface area contributed by atoms with Crippen LogP contribution >= 0.6 is 15.9 Å². The molecule has 2 aromatic rings. The number of methoxy groups -OCH3 is 1. The van der Waals surface area contributed by atoms with E-state index in [0.29, 0.717) is 0 Å². The lowest BCUT2D eigenvalue weighted by Gasteiger charge is -2.14. The first kappa shape index (κ1) is 13.9. The Balaban J connectivity index is 2.22. The first-order valence-electron chi connectivity index (χ1n) is 6.08. The Morgan fingerprint density at radius 1 is 1.37 bits per heavy atom. The molecule has 0 aliphatic heterocycles. The Hall–Kier alpha value is -1.49. The van der Waals surface area contributed by atoms with Gasteiger partial charge in [-0.25, -0.2) is 0 Å². The third-order valence-corrected chi connectivity index (χ3v) is 3.73. The van der Waals surface area contributed by atoms with Crippen LogP contribution in [0.4, 0.5) is 5.69 Å². The Morgan fingerprint density at radius 2 is 2.11 bits per heavy atom. The zero-order valence-corrected chi connectivity index (χ0v) is 13.2. The first-order chi connectivity index (χ1) is 9.02. The van der Waals surface area contributed by atoms with Crippen LogP contribution in [0.2, 0.25) is 0 Å². The van der Waals surface area contributed by atoms with Crippen LogP contribution in [0.5, 0.6) is 5.75 Å². The lowest BCUT2D eigenvalue weighted by Crippen LogP contribution is -2.04. The number of nitrogens with zero attached hydrogens (tertiary/aromatic N) is 2. The van der Waals surface area contributed by atoms with Gasteiger partial charge < -0.3 is 10.1 Å². The number of benzene rings is 1. The summed E-state index contributed by atoms with van der Waals surface area (Å²) in [4.78, 5) is 0. The molecule has 2 rings (SSSR count). The second-order valence-electron chi connectivity index (χ2n) is 4.53. The normalized spacial score (nSPS) is 10.6. The third-order valence-electron chi connectivity index (χ3n) is 3.28. The molecule has 0 aliphatic carbocycles. The molecule has 102 valence electrons. The number of ether oxygens (including phenoxy) is 1. The highest BCUT2D eigenvalue weighted by atomic mass is 79.9. The highest BCUT2D eigenvalue weighted by molar-refractivity contribution is 9.10. The largest absolute Gasteiger partial charge is 0.495 e. The lowest BCUT2D eigenvalue weighted by atomic mass is 10.1. The van der Waals surface area contributed by atoms with Crippen LogP contribution in [-0.4, -0.2) is 16.9 Å². The van der Waals surface area contributed by atoms with Gasteiger partial charge in [0.05, 0.1) is 19.0 Å². The van der Waals surface area contributed by atoms with Crippen LogP contribution in [0.3, 0.4) is 0 Å². The van der Waals surface area contributed by atoms with Gasteiger partial charge in [-0.1, -0.05) is 15.9 Å². The molecule has 0 spiro atoms. The maximum absolute atomic E-state index is 5.42. The van der Waals surface area contributed by atoms with E-state index < -0.39 is 0 Å².